The van der Waals surface area contributed by atoms with Gasteiger partial charge in [0.2, 0.25) is 11.8 Å². The van der Waals surface area contributed by atoms with Gasteiger partial charge in [-0.25, -0.2) is 9.98 Å². The Balaban J connectivity index is 2.41. The van der Waals surface area contributed by atoms with E-state index in [0.717, 1.165) is 12.8 Å². The standard InChI is InChI=1S/C15H24N2O3/c1-10(2)12-13(19-3)17-15(14(16-12)20-4)8-6-5-7-11(18)9-15/h5,7,10-12,18H,6,8-9H2,1-4H3/t11-,12+,15-/m0/s1. The van der Waals surface area contributed by atoms with Crippen molar-refractivity contribution < 1.29 is 14.6 Å². The van der Waals surface area contributed by atoms with Crippen LogP contribution in [0.3, 0.4) is 0 Å². The van der Waals surface area contributed by atoms with Crippen molar-refractivity contribution in [3.05, 3.63) is 12.2 Å². The van der Waals surface area contributed by atoms with Crippen LogP contribution in [-0.4, -0.2) is 48.8 Å². The van der Waals surface area contributed by atoms with Crippen LogP contribution >= 0.6 is 0 Å². The molecule has 0 fully saturated rings. The van der Waals surface area contributed by atoms with Gasteiger partial charge >= 0.3 is 0 Å². The smallest absolute Gasteiger partial charge is 0.212 e. The maximum atomic E-state index is 10.0. The Morgan fingerprint density at radius 2 is 2.10 bits per heavy atom. The van der Waals surface area contributed by atoms with E-state index in [2.05, 4.69) is 13.8 Å². The van der Waals surface area contributed by atoms with Gasteiger partial charge in [-0.05, 0) is 18.8 Å². The highest BCUT2D eigenvalue weighted by atomic mass is 16.5. The maximum Gasteiger partial charge on any atom is 0.212 e. The number of methoxy groups -OCH3 is 2. The normalized spacial score (nSPS) is 33.7. The lowest BCUT2D eigenvalue weighted by Crippen LogP contribution is -2.47. The predicted molar refractivity (Wildman–Crippen MR) is 79.2 cm³/mol. The number of aliphatic hydroxyl groups is 1. The molecule has 0 unspecified atom stereocenters. The van der Waals surface area contributed by atoms with Crippen LogP contribution in [0.4, 0.5) is 0 Å². The summed E-state index contributed by atoms with van der Waals surface area (Å²) in [6.45, 7) is 4.16. The van der Waals surface area contributed by atoms with E-state index in [1.807, 2.05) is 12.2 Å². The molecule has 0 aromatic carbocycles. The van der Waals surface area contributed by atoms with Crippen molar-refractivity contribution in [2.45, 2.75) is 50.8 Å². The first-order valence-electron chi connectivity index (χ1n) is 7.13. The number of hydrogen-bond donors (Lipinski definition) is 1. The second-order valence-electron chi connectivity index (χ2n) is 5.75. The first-order chi connectivity index (χ1) is 9.52. The van der Waals surface area contributed by atoms with Gasteiger partial charge in [0.25, 0.3) is 0 Å². The summed E-state index contributed by atoms with van der Waals surface area (Å²) in [5.74, 6) is 1.53. The summed E-state index contributed by atoms with van der Waals surface area (Å²) in [6.07, 6.45) is 5.36. The zero-order valence-electron chi connectivity index (χ0n) is 12.7. The van der Waals surface area contributed by atoms with Crippen molar-refractivity contribution in [1.82, 2.24) is 0 Å². The molecule has 1 aliphatic heterocycles. The van der Waals surface area contributed by atoms with Gasteiger partial charge in [-0.15, -0.1) is 0 Å². The molecule has 2 rings (SSSR count). The van der Waals surface area contributed by atoms with E-state index in [9.17, 15) is 5.11 Å². The highest BCUT2D eigenvalue weighted by Crippen LogP contribution is 2.34. The molecule has 0 radical (unpaired) electrons. The second-order valence-corrected chi connectivity index (χ2v) is 5.75. The molecule has 1 aliphatic carbocycles. The van der Waals surface area contributed by atoms with Crippen molar-refractivity contribution in [3.63, 3.8) is 0 Å². The van der Waals surface area contributed by atoms with Gasteiger partial charge < -0.3 is 14.6 Å². The molecule has 1 heterocycles. The molecule has 5 nitrogen and oxygen atoms in total. The fraction of sp³-hybridized carbons (Fsp3) is 0.733. The number of ether oxygens (including phenoxy) is 2. The Morgan fingerprint density at radius 1 is 1.35 bits per heavy atom. The van der Waals surface area contributed by atoms with E-state index in [1.54, 1.807) is 14.2 Å². The molecule has 5 heteroatoms. The molecule has 0 saturated carbocycles. The summed E-state index contributed by atoms with van der Waals surface area (Å²) < 4.78 is 11.0. The lowest BCUT2D eigenvalue weighted by atomic mass is 9.87. The van der Waals surface area contributed by atoms with Crippen molar-refractivity contribution in [2.75, 3.05) is 14.2 Å². The van der Waals surface area contributed by atoms with Crippen LogP contribution in [0.5, 0.6) is 0 Å². The first kappa shape index (κ1) is 15.0. The minimum atomic E-state index is -0.603. The fourth-order valence-corrected chi connectivity index (χ4v) is 2.86. The molecule has 0 aromatic heterocycles. The Bertz CT molecular complexity index is 442. The molecule has 20 heavy (non-hydrogen) atoms. The Labute approximate surface area is 120 Å². The number of allylic oxidation sites excluding steroid dienone is 1. The van der Waals surface area contributed by atoms with Crippen molar-refractivity contribution in [3.8, 4) is 0 Å². The molecule has 1 N–H and O–H groups in total. The number of hydrogen-bond acceptors (Lipinski definition) is 5. The zero-order valence-corrected chi connectivity index (χ0v) is 12.7. The monoisotopic (exact) mass is 280 g/mol. The molecule has 0 saturated heterocycles. The van der Waals surface area contributed by atoms with Gasteiger partial charge in [0.1, 0.15) is 11.6 Å². The summed E-state index contributed by atoms with van der Waals surface area (Å²) in [5, 5.41) is 10.0. The maximum absolute atomic E-state index is 10.0. The summed E-state index contributed by atoms with van der Waals surface area (Å²) in [4.78, 5) is 9.50. The molecule has 0 amide bonds. The summed E-state index contributed by atoms with van der Waals surface area (Å²) in [6, 6.07) is -0.117. The molecule has 2 aliphatic rings. The second kappa shape index (κ2) is 5.95. The molecule has 0 bridgehead atoms. The largest absolute Gasteiger partial charge is 0.483 e. The van der Waals surface area contributed by atoms with Crippen LogP contribution in [0.1, 0.15) is 33.1 Å². The average Bonchev–Trinajstić information content (AvgIpc) is 2.60. The van der Waals surface area contributed by atoms with Crippen LogP contribution in [0.25, 0.3) is 0 Å². The van der Waals surface area contributed by atoms with Crippen LogP contribution in [-0.2, 0) is 9.47 Å². The van der Waals surface area contributed by atoms with Gasteiger partial charge in [-0.2, -0.15) is 0 Å². The molecular weight excluding hydrogens is 256 g/mol. The van der Waals surface area contributed by atoms with Gasteiger partial charge in [-0.3, -0.25) is 0 Å². The van der Waals surface area contributed by atoms with Crippen LogP contribution in [0.15, 0.2) is 22.1 Å². The Hall–Kier alpha value is -1.36. The van der Waals surface area contributed by atoms with E-state index < -0.39 is 11.6 Å². The number of aliphatic imine (C=N–C) groups is 2. The SMILES string of the molecule is COC1=N[C@]2(CCC=C[C@H](O)C2)C(OC)=N[C@@H]1C(C)C. The third kappa shape index (κ3) is 2.73. The molecule has 3 atom stereocenters. The fourth-order valence-electron chi connectivity index (χ4n) is 2.86. The lowest BCUT2D eigenvalue weighted by molar-refractivity contribution is 0.179. The van der Waals surface area contributed by atoms with E-state index in [0.29, 0.717) is 18.2 Å². The van der Waals surface area contributed by atoms with Crippen molar-refractivity contribution in [2.24, 2.45) is 15.9 Å². The van der Waals surface area contributed by atoms with Crippen molar-refractivity contribution >= 4 is 11.8 Å². The third-order valence-corrected chi connectivity index (χ3v) is 3.90. The minimum Gasteiger partial charge on any atom is -0.483 e. The summed E-state index contributed by atoms with van der Waals surface area (Å²) in [7, 11) is 3.25. The van der Waals surface area contributed by atoms with E-state index in [4.69, 9.17) is 19.5 Å². The topological polar surface area (TPSA) is 63.4 Å². The zero-order chi connectivity index (χ0) is 14.8. The molecule has 0 aromatic rings. The summed E-state index contributed by atoms with van der Waals surface area (Å²) >= 11 is 0. The number of aliphatic hydroxyl groups excluding tert-OH is 1. The predicted octanol–water partition coefficient (Wildman–Crippen LogP) is 1.95. The lowest BCUT2D eigenvalue weighted by Gasteiger charge is -2.36. The molecule has 112 valence electrons. The number of nitrogens with zero attached hydrogens (tertiary/aromatic N) is 2. The van der Waals surface area contributed by atoms with E-state index in [1.165, 1.54) is 0 Å². The van der Waals surface area contributed by atoms with Gasteiger partial charge in [0.15, 0.2) is 0 Å². The van der Waals surface area contributed by atoms with Crippen LogP contribution < -0.4 is 0 Å². The van der Waals surface area contributed by atoms with Crippen molar-refractivity contribution in [1.29, 1.82) is 0 Å². The van der Waals surface area contributed by atoms with Crippen LogP contribution in [0, 0.1) is 5.92 Å². The minimum absolute atomic E-state index is 0.117. The van der Waals surface area contributed by atoms with E-state index >= 15 is 0 Å². The molecular formula is C15H24N2O3. The summed E-state index contributed by atoms with van der Waals surface area (Å²) in [5.41, 5.74) is -0.603. The number of rotatable bonds is 1. The Morgan fingerprint density at radius 3 is 2.70 bits per heavy atom. The van der Waals surface area contributed by atoms with Gasteiger partial charge in [0.05, 0.1) is 20.3 Å². The Kier molecular flexibility index (Phi) is 4.48. The highest BCUT2D eigenvalue weighted by Gasteiger charge is 2.44. The third-order valence-electron chi connectivity index (χ3n) is 3.90. The van der Waals surface area contributed by atoms with Gasteiger partial charge in [-0.1, -0.05) is 26.0 Å². The van der Waals surface area contributed by atoms with E-state index in [-0.39, 0.29) is 12.0 Å². The van der Waals surface area contributed by atoms with Gasteiger partial charge in [0, 0.05) is 6.42 Å². The molecule has 1 spiro atoms. The first-order valence-corrected chi connectivity index (χ1v) is 7.13. The quantitative estimate of drug-likeness (QED) is 0.747. The average molecular weight is 280 g/mol. The van der Waals surface area contributed by atoms with Crippen LogP contribution in [0.2, 0.25) is 0 Å². The highest BCUT2D eigenvalue weighted by molar-refractivity contribution is 5.97.